The van der Waals surface area contributed by atoms with E-state index in [1.54, 1.807) is 25.3 Å². The van der Waals surface area contributed by atoms with Gasteiger partial charge < -0.3 is 9.12 Å². The average Bonchev–Trinajstić information content (AvgIpc) is 3.06. The molecule has 3 rings (SSSR count). The van der Waals surface area contributed by atoms with Gasteiger partial charge in [0.2, 0.25) is 0 Å². The van der Waals surface area contributed by atoms with E-state index in [2.05, 4.69) is 9.38 Å². The van der Waals surface area contributed by atoms with Crippen LogP contribution in [0.25, 0.3) is 22.3 Å². The highest BCUT2D eigenvalue weighted by molar-refractivity contribution is 7.91. The Balaban J connectivity index is 2.28. The zero-order chi connectivity index (χ0) is 26.3. The molecule has 0 saturated carbocycles. The normalized spacial score (nSPS) is 14.7. The molecule has 4 nitrogen and oxygen atoms in total. The predicted molar refractivity (Wildman–Crippen MR) is 130 cm³/mol. The molecule has 0 aliphatic rings. The second-order valence-corrected chi connectivity index (χ2v) is 12.4. The maximum Gasteiger partial charge on any atom is 0.417 e. The van der Waals surface area contributed by atoms with E-state index in [0.29, 0.717) is 11.9 Å². The van der Waals surface area contributed by atoms with Crippen molar-refractivity contribution in [3.05, 3.63) is 53.7 Å². The Morgan fingerprint density at radius 2 is 1.66 bits per heavy atom. The van der Waals surface area contributed by atoms with Crippen molar-refractivity contribution >= 4 is 28.1 Å². The van der Waals surface area contributed by atoms with Gasteiger partial charge in [0.15, 0.2) is 5.71 Å². The Morgan fingerprint density at radius 3 is 2.20 bits per heavy atom. The fourth-order valence-corrected chi connectivity index (χ4v) is 4.17. The highest BCUT2D eigenvalue weighted by Crippen LogP contribution is 2.37. The van der Waals surface area contributed by atoms with Gasteiger partial charge in [-0.05, 0) is 44.4 Å². The summed E-state index contributed by atoms with van der Waals surface area (Å²) in [7, 11) is 0. The molecule has 2 heterocycles. The van der Waals surface area contributed by atoms with Crippen molar-refractivity contribution in [3.8, 4) is 11.3 Å². The van der Waals surface area contributed by atoms with Crippen molar-refractivity contribution in [1.82, 2.24) is 9.55 Å². The minimum Gasteiger partial charge on any atom is -0.591 e. The number of nitrogens with zero attached hydrogens (tertiary/aromatic N) is 3. The summed E-state index contributed by atoms with van der Waals surface area (Å²) < 4.78 is 86.3. The molecule has 0 amide bonds. The van der Waals surface area contributed by atoms with Crippen LogP contribution < -0.4 is 0 Å². The molecule has 0 aliphatic carbocycles. The third-order valence-electron chi connectivity index (χ3n) is 5.06. The van der Waals surface area contributed by atoms with Crippen LogP contribution in [0.3, 0.4) is 0 Å². The Bertz CT molecular complexity index is 1240. The van der Waals surface area contributed by atoms with Gasteiger partial charge in [-0.15, -0.1) is 0 Å². The van der Waals surface area contributed by atoms with Crippen LogP contribution in [-0.2, 0) is 24.1 Å². The topological polar surface area (TPSA) is 53.2 Å². The maximum atomic E-state index is 14.1. The van der Waals surface area contributed by atoms with Crippen LogP contribution in [-0.4, -0.2) is 31.0 Å². The summed E-state index contributed by atoms with van der Waals surface area (Å²) in [5.41, 5.74) is -1.50. The average molecular weight is 514 g/mol. The van der Waals surface area contributed by atoms with Crippen LogP contribution >= 0.6 is 0 Å². The van der Waals surface area contributed by atoms with E-state index < -0.39 is 40.0 Å². The first-order valence-electron chi connectivity index (χ1n) is 10.9. The summed E-state index contributed by atoms with van der Waals surface area (Å²) in [4.78, 5) is 4.48. The molecule has 0 spiro atoms. The summed E-state index contributed by atoms with van der Waals surface area (Å²) in [5, 5.41) is 0.299. The van der Waals surface area contributed by atoms with Crippen molar-refractivity contribution < 1.29 is 26.5 Å². The van der Waals surface area contributed by atoms with Crippen LogP contribution in [0.1, 0.15) is 52.7 Å². The van der Waals surface area contributed by atoms with Gasteiger partial charge in [-0.25, -0.2) is 13.8 Å². The summed E-state index contributed by atoms with van der Waals surface area (Å²) in [6.07, 6.45) is -6.13. The minimum absolute atomic E-state index is 0.0556. The standard InChI is InChI=1S/C25H28F5N3OS/c1-23(2,3)14-33-13-17(20(21(26)27)32-35(34)24(4,5)6)15-11-12-19(31-22(15)33)16-9-7-8-10-18(16)25(28,29)30/h7-13,21H,14H2,1-6H3. The first-order chi connectivity index (χ1) is 16.0. The Hall–Kier alpha value is -2.46. The van der Waals surface area contributed by atoms with Gasteiger partial charge >= 0.3 is 6.18 Å². The number of hydrogen-bond acceptors (Lipinski definition) is 3. The zero-order valence-corrected chi connectivity index (χ0v) is 21.2. The number of rotatable bonds is 5. The number of hydrogen-bond donors (Lipinski definition) is 0. The van der Waals surface area contributed by atoms with Gasteiger partial charge in [0.1, 0.15) is 21.8 Å². The molecule has 2 aromatic heterocycles. The smallest absolute Gasteiger partial charge is 0.417 e. The van der Waals surface area contributed by atoms with Crippen molar-refractivity contribution in [2.24, 2.45) is 9.81 Å². The molecular formula is C25H28F5N3OS. The molecule has 1 aromatic carbocycles. The lowest BCUT2D eigenvalue weighted by Gasteiger charge is -2.20. The monoisotopic (exact) mass is 513 g/mol. The maximum absolute atomic E-state index is 14.1. The van der Waals surface area contributed by atoms with E-state index >= 15 is 0 Å². The van der Waals surface area contributed by atoms with Gasteiger partial charge in [-0.3, -0.25) is 0 Å². The summed E-state index contributed by atoms with van der Waals surface area (Å²) >= 11 is -1.94. The van der Waals surface area contributed by atoms with E-state index in [9.17, 15) is 26.5 Å². The Labute approximate surface area is 204 Å². The van der Waals surface area contributed by atoms with Crippen LogP contribution in [0.5, 0.6) is 0 Å². The fraction of sp³-hybridized carbons (Fsp3) is 0.440. The third kappa shape index (κ3) is 6.22. The molecule has 0 N–H and O–H groups in total. The molecule has 3 aromatic rings. The second kappa shape index (κ2) is 9.54. The van der Waals surface area contributed by atoms with E-state index in [4.69, 9.17) is 0 Å². The highest BCUT2D eigenvalue weighted by atomic mass is 32.2. The number of alkyl halides is 5. The molecular weight excluding hydrogens is 485 g/mol. The number of benzene rings is 1. The van der Waals surface area contributed by atoms with Crippen LogP contribution in [0.2, 0.25) is 0 Å². The summed E-state index contributed by atoms with van der Waals surface area (Å²) in [5.74, 6) is 0. The van der Waals surface area contributed by atoms with Crippen molar-refractivity contribution in [3.63, 3.8) is 0 Å². The first-order valence-corrected chi connectivity index (χ1v) is 12.1. The number of aromatic nitrogens is 2. The molecule has 0 aliphatic heterocycles. The number of halogens is 5. The Morgan fingerprint density at radius 1 is 1.03 bits per heavy atom. The zero-order valence-electron chi connectivity index (χ0n) is 20.4. The molecule has 10 heteroatoms. The van der Waals surface area contributed by atoms with E-state index in [1.807, 2.05) is 20.8 Å². The molecule has 1 atom stereocenters. The summed E-state index contributed by atoms with van der Waals surface area (Å²) in [6, 6.07) is 7.93. The molecule has 0 saturated heterocycles. The second-order valence-electron chi connectivity index (χ2n) is 10.5. The third-order valence-corrected chi connectivity index (χ3v) is 6.47. The Kier molecular flexibility index (Phi) is 7.39. The molecule has 35 heavy (non-hydrogen) atoms. The van der Waals surface area contributed by atoms with E-state index in [0.717, 1.165) is 6.07 Å². The SMILES string of the molecule is CC(C)(C)Cn1cc(C(=N[S+]([O-])C(C)(C)C)C(F)F)c2ccc(-c3ccccc3C(F)(F)F)nc21. The molecule has 190 valence electrons. The highest BCUT2D eigenvalue weighted by Gasteiger charge is 2.34. The predicted octanol–water partition coefficient (Wildman–Crippen LogP) is 7.28. The van der Waals surface area contributed by atoms with Gasteiger partial charge in [0, 0.05) is 29.3 Å². The minimum atomic E-state index is -4.59. The fourth-order valence-electron chi connectivity index (χ4n) is 3.54. The van der Waals surface area contributed by atoms with Crippen molar-refractivity contribution in [1.29, 1.82) is 0 Å². The lowest BCUT2D eigenvalue weighted by molar-refractivity contribution is -0.137. The van der Waals surface area contributed by atoms with Crippen LogP contribution in [0, 0.1) is 5.41 Å². The van der Waals surface area contributed by atoms with E-state index in [1.165, 1.54) is 36.5 Å². The van der Waals surface area contributed by atoms with E-state index in [-0.39, 0.29) is 27.9 Å². The van der Waals surface area contributed by atoms with Crippen LogP contribution in [0.4, 0.5) is 22.0 Å². The molecule has 0 radical (unpaired) electrons. The summed E-state index contributed by atoms with van der Waals surface area (Å²) in [6.45, 7) is 11.1. The van der Waals surface area contributed by atoms with Crippen molar-refractivity contribution in [2.45, 2.75) is 65.4 Å². The first kappa shape index (κ1) is 27.1. The van der Waals surface area contributed by atoms with Gasteiger partial charge in [0.05, 0.1) is 11.3 Å². The molecule has 0 fully saturated rings. The molecule has 1 unspecified atom stereocenters. The van der Waals surface area contributed by atoms with Gasteiger partial charge in [-0.1, -0.05) is 43.4 Å². The van der Waals surface area contributed by atoms with Crippen molar-refractivity contribution in [2.75, 3.05) is 0 Å². The largest absolute Gasteiger partial charge is 0.591 e. The van der Waals surface area contributed by atoms with Gasteiger partial charge in [-0.2, -0.15) is 13.2 Å². The quantitative estimate of drug-likeness (QED) is 0.204. The number of pyridine rings is 1. The number of fused-ring (bicyclic) bond motifs is 1. The molecule has 0 bridgehead atoms. The van der Waals surface area contributed by atoms with Gasteiger partial charge in [0.25, 0.3) is 6.43 Å². The van der Waals surface area contributed by atoms with Crippen LogP contribution in [0.15, 0.2) is 47.0 Å². The lowest BCUT2D eigenvalue weighted by atomic mass is 9.97. The lowest BCUT2D eigenvalue weighted by Crippen LogP contribution is -2.28.